The summed E-state index contributed by atoms with van der Waals surface area (Å²) in [4.78, 5) is 11.8. The zero-order chi connectivity index (χ0) is 13.0. The van der Waals surface area contributed by atoms with Crippen LogP contribution in [0.25, 0.3) is 6.08 Å². The van der Waals surface area contributed by atoms with Crippen molar-refractivity contribution in [3.05, 3.63) is 70.2 Å². The Hall–Kier alpha value is -1.87. The zero-order valence-electron chi connectivity index (χ0n) is 9.51. The molecule has 18 heavy (non-hydrogen) atoms. The molecule has 2 nitrogen and oxygen atoms in total. The SMILES string of the molecule is O=C(C=Cc1ccc(O)cc1)c1ccc(Br)cc1. The van der Waals surface area contributed by atoms with Gasteiger partial charge in [-0.1, -0.05) is 34.1 Å². The van der Waals surface area contributed by atoms with Crippen LogP contribution in [-0.2, 0) is 0 Å². The topological polar surface area (TPSA) is 37.3 Å². The van der Waals surface area contributed by atoms with Gasteiger partial charge in [0.05, 0.1) is 0 Å². The van der Waals surface area contributed by atoms with Gasteiger partial charge in [0, 0.05) is 10.0 Å². The van der Waals surface area contributed by atoms with Gasteiger partial charge >= 0.3 is 0 Å². The molecule has 2 rings (SSSR count). The molecule has 0 aliphatic rings. The Kier molecular flexibility index (Phi) is 3.95. The van der Waals surface area contributed by atoms with Crippen molar-refractivity contribution in [3.8, 4) is 5.75 Å². The number of carbonyl (C=O) groups excluding carboxylic acids is 1. The number of hydrogen-bond donors (Lipinski definition) is 1. The van der Waals surface area contributed by atoms with Gasteiger partial charge in [0.2, 0.25) is 0 Å². The van der Waals surface area contributed by atoms with Crippen molar-refractivity contribution in [2.45, 2.75) is 0 Å². The summed E-state index contributed by atoms with van der Waals surface area (Å²) in [6.07, 6.45) is 3.25. The second-order valence-electron chi connectivity index (χ2n) is 3.80. The molecule has 0 heterocycles. The van der Waals surface area contributed by atoms with Crippen LogP contribution in [-0.4, -0.2) is 10.9 Å². The van der Waals surface area contributed by atoms with Crippen molar-refractivity contribution in [1.82, 2.24) is 0 Å². The summed E-state index contributed by atoms with van der Waals surface area (Å²) < 4.78 is 0.946. The van der Waals surface area contributed by atoms with Crippen molar-refractivity contribution >= 4 is 27.8 Å². The van der Waals surface area contributed by atoms with Gasteiger partial charge in [-0.05, 0) is 48.0 Å². The number of hydrogen-bond acceptors (Lipinski definition) is 2. The molecule has 0 saturated heterocycles. The number of rotatable bonds is 3. The molecule has 0 fully saturated rings. The van der Waals surface area contributed by atoms with Gasteiger partial charge in [-0.25, -0.2) is 0 Å². The number of ketones is 1. The molecular weight excluding hydrogens is 292 g/mol. The average molecular weight is 303 g/mol. The van der Waals surface area contributed by atoms with Crippen molar-refractivity contribution in [2.24, 2.45) is 0 Å². The van der Waals surface area contributed by atoms with Gasteiger partial charge in [-0.15, -0.1) is 0 Å². The molecule has 0 aliphatic carbocycles. The van der Waals surface area contributed by atoms with E-state index in [0.717, 1.165) is 10.0 Å². The second kappa shape index (κ2) is 5.65. The third-order valence-electron chi connectivity index (χ3n) is 2.45. The molecule has 3 heteroatoms. The Morgan fingerprint density at radius 2 is 1.61 bits per heavy atom. The van der Waals surface area contributed by atoms with Crippen LogP contribution < -0.4 is 0 Å². The van der Waals surface area contributed by atoms with E-state index in [0.29, 0.717) is 5.56 Å². The van der Waals surface area contributed by atoms with Crippen LogP contribution in [0.1, 0.15) is 15.9 Å². The molecular formula is C15H11BrO2. The van der Waals surface area contributed by atoms with E-state index in [1.165, 1.54) is 6.08 Å². The summed E-state index contributed by atoms with van der Waals surface area (Å²) in [5.74, 6) is 0.168. The highest BCUT2D eigenvalue weighted by atomic mass is 79.9. The summed E-state index contributed by atoms with van der Waals surface area (Å²) in [6, 6.07) is 13.9. The molecule has 0 saturated carbocycles. The first kappa shape index (κ1) is 12.6. The van der Waals surface area contributed by atoms with Crippen LogP contribution in [0.3, 0.4) is 0 Å². The predicted octanol–water partition coefficient (Wildman–Crippen LogP) is 4.05. The molecule has 0 unspecified atom stereocenters. The minimum atomic E-state index is -0.0458. The Bertz CT molecular complexity index is 568. The van der Waals surface area contributed by atoms with Crippen LogP contribution in [0, 0.1) is 0 Å². The molecule has 0 atom stereocenters. The lowest BCUT2D eigenvalue weighted by molar-refractivity contribution is 0.104. The van der Waals surface area contributed by atoms with Crippen molar-refractivity contribution in [1.29, 1.82) is 0 Å². The fourth-order valence-electron chi connectivity index (χ4n) is 1.47. The molecule has 0 bridgehead atoms. The molecule has 0 radical (unpaired) electrons. The minimum Gasteiger partial charge on any atom is -0.508 e. The Morgan fingerprint density at radius 1 is 1.00 bits per heavy atom. The molecule has 1 N–H and O–H groups in total. The molecule has 90 valence electrons. The predicted molar refractivity (Wildman–Crippen MR) is 75.6 cm³/mol. The Balaban J connectivity index is 2.11. The highest BCUT2D eigenvalue weighted by Crippen LogP contribution is 2.13. The quantitative estimate of drug-likeness (QED) is 0.686. The van der Waals surface area contributed by atoms with Gasteiger partial charge in [-0.2, -0.15) is 0 Å². The summed E-state index contributed by atoms with van der Waals surface area (Å²) >= 11 is 3.32. The standard InChI is InChI=1S/C15H11BrO2/c16-13-6-4-12(5-7-13)15(18)10-3-11-1-8-14(17)9-2-11/h1-10,17H. The van der Waals surface area contributed by atoms with E-state index in [9.17, 15) is 4.79 Å². The molecule has 0 aromatic heterocycles. The molecule has 0 aliphatic heterocycles. The number of carbonyl (C=O) groups is 1. The third kappa shape index (κ3) is 3.31. The van der Waals surface area contributed by atoms with Crippen LogP contribution in [0.2, 0.25) is 0 Å². The number of aromatic hydroxyl groups is 1. The maximum absolute atomic E-state index is 11.8. The first-order chi connectivity index (χ1) is 8.65. The monoisotopic (exact) mass is 302 g/mol. The van der Waals surface area contributed by atoms with E-state index >= 15 is 0 Å². The van der Waals surface area contributed by atoms with Crippen LogP contribution in [0.4, 0.5) is 0 Å². The van der Waals surface area contributed by atoms with Crippen molar-refractivity contribution in [3.63, 3.8) is 0 Å². The number of phenols is 1. The van der Waals surface area contributed by atoms with Gasteiger partial charge in [0.15, 0.2) is 5.78 Å². The fourth-order valence-corrected chi connectivity index (χ4v) is 1.73. The maximum Gasteiger partial charge on any atom is 0.185 e. The highest BCUT2D eigenvalue weighted by molar-refractivity contribution is 9.10. The van der Waals surface area contributed by atoms with E-state index in [2.05, 4.69) is 15.9 Å². The van der Waals surface area contributed by atoms with E-state index in [1.54, 1.807) is 42.5 Å². The first-order valence-electron chi connectivity index (χ1n) is 5.42. The van der Waals surface area contributed by atoms with E-state index < -0.39 is 0 Å². The van der Waals surface area contributed by atoms with E-state index in [-0.39, 0.29) is 11.5 Å². The van der Waals surface area contributed by atoms with Crippen LogP contribution in [0.5, 0.6) is 5.75 Å². The molecule has 2 aromatic rings. The fraction of sp³-hybridized carbons (Fsp3) is 0. The molecule has 0 amide bonds. The summed E-state index contributed by atoms with van der Waals surface area (Å²) in [5, 5.41) is 9.14. The number of allylic oxidation sites excluding steroid dienone is 1. The number of benzene rings is 2. The lowest BCUT2D eigenvalue weighted by atomic mass is 10.1. The van der Waals surface area contributed by atoms with Crippen molar-refractivity contribution in [2.75, 3.05) is 0 Å². The van der Waals surface area contributed by atoms with Crippen LogP contribution in [0.15, 0.2) is 59.1 Å². The zero-order valence-corrected chi connectivity index (χ0v) is 11.1. The second-order valence-corrected chi connectivity index (χ2v) is 4.71. The normalized spacial score (nSPS) is 10.7. The van der Waals surface area contributed by atoms with Gasteiger partial charge in [0.25, 0.3) is 0 Å². The lowest BCUT2D eigenvalue weighted by Gasteiger charge is -1.96. The molecule has 2 aromatic carbocycles. The summed E-state index contributed by atoms with van der Waals surface area (Å²) in [5.41, 5.74) is 1.52. The van der Waals surface area contributed by atoms with Gasteiger partial charge in [-0.3, -0.25) is 4.79 Å². The van der Waals surface area contributed by atoms with E-state index in [1.807, 2.05) is 12.1 Å². The summed E-state index contributed by atoms with van der Waals surface area (Å²) in [6.45, 7) is 0. The maximum atomic E-state index is 11.8. The van der Waals surface area contributed by atoms with E-state index in [4.69, 9.17) is 5.11 Å². The number of halogens is 1. The average Bonchev–Trinajstić information content (AvgIpc) is 2.38. The van der Waals surface area contributed by atoms with Gasteiger partial charge < -0.3 is 5.11 Å². The lowest BCUT2D eigenvalue weighted by Crippen LogP contribution is -1.92. The largest absolute Gasteiger partial charge is 0.508 e. The first-order valence-corrected chi connectivity index (χ1v) is 6.21. The summed E-state index contributed by atoms with van der Waals surface area (Å²) in [7, 11) is 0. The Morgan fingerprint density at radius 3 is 2.22 bits per heavy atom. The van der Waals surface area contributed by atoms with Crippen LogP contribution >= 0.6 is 15.9 Å². The smallest absolute Gasteiger partial charge is 0.185 e. The third-order valence-corrected chi connectivity index (χ3v) is 2.98. The minimum absolute atomic E-state index is 0.0458. The van der Waals surface area contributed by atoms with Crippen molar-refractivity contribution < 1.29 is 9.90 Å². The van der Waals surface area contributed by atoms with Gasteiger partial charge in [0.1, 0.15) is 5.75 Å². The molecule has 0 spiro atoms. The number of phenolic OH excluding ortho intramolecular Hbond substituents is 1. The Labute approximate surface area is 114 Å². The highest BCUT2D eigenvalue weighted by Gasteiger charge is 2.00.